The van der Waals surface area contributed by atoms with Crippen LogP contribution in [0.15, 0.2) is 24.3 Å². The van der Waals surface area contributed by atoms with E-state index in [-0.39, 0.29) is 0 Å². The number of nitrogens with zero attached hydrogens (tertiary/aromatic N) is 1. The molecule has 0 aromatic heterocycles. The molecule has 1 aliphatic rings. The zero-order chi connectivity index (χ0) is 12.3. The lowest BCUT2D eigenvalue weighted by Crippen LogP contribution is -2.47. The predicted molar refractivity (Wildman–Crippen MR) is 73.2 cm³/mol. The fourth-order valence-electron chi connectivity index (χ4n) is 2.30. The third-order valence-electron chi connectivity index (χ3n) is 3.53. The first-order valence-electron chi connectivity index (χ1n) is 6.63. The first-order valence-corrected chi connectivity index (χ1v) is 6.63. The fraction of sp³-hybridized carbons (Fsp3) is 0.600. The van der Waals surface area contributed by atoms with Crippen LogP contribution in [0.1, 0.15) is 30.9 Å². The van der Waals surface area contributed by atoms with Gasteiger partial charge < -0.3 is 10.2 Å². The summed E-state index contributed by atoms with van der Waals surface area (Å²) in [4.78, 5) is 2.43. The zero-order valence-corrected chi connectivity index (χ0v) is 11.2. The van der Waals surface area contributed by atoms with Crippen molar-refractivity contribution in [2.75, 3.05) is 26.7 Å². The molecule has 0 amide bonds. The number of rotatable bonds is 5. The summed E-state index contributed by atoms with van der Waals surface area (Å²) < 4.78 is 0. The van der Waals surface area contributed by atoms with E-state index in [0.717, 1.165) is 12.5 Å². The van der Waals surface area contributed by atoms with Crippen molar-refractivity contribution in [3.8, 4) is 0 Å². The third-order valence-corrected chi connectivity index (χ3v) is 3.53. The summed E-state index contributed by atoms with van der Waals surface area (Å²) in [5, 5.41) is 3.32. The van der Waals surface area contributed by atoms with Crippen LogP contribution in [0.5, 0.6) is 0 Å². The maximum atomic E-state index is 3.32. The van der Waals surface area contributed by atoms with Crippen molar-refractivity contribution in [3.63, 3.8) is 0 Å². The highest BCUT2D eigenvalue weighted by Crippen LogP contribution is 2.16. The molecule has 2 heteroatoms. The van der Waals surface area contributed by atoms with Crippen LogP contribution >= 0.6 is 0 Å². The molecule has 0 unspecified atom stereocenters. The van der Waals surface area contributed by atoms with Crippen LogP contribution in [0.4, 0.5) is 0 Å². The smallest absolute Gasteiger partial charge is 0.0230 e. The predicted octanol–water partition coefficient (Wildman–Crippen LogP) is 2.46. The van der Waals surface area contributed by atoms with Crippen LogP contribution in [0.2, 0.25) is 0 Å². The maximum absolute atomic E-state index is 3.32. The molecular weight excluding hydrogens is 208 g/mol. The fourth-order valence-corrected chi connectivity index (χ4v) is 2.30. The summed E-state index contributed by atoms with van der Waals surface area (Å²) in [5.74, 6) is 1.48. The lowest BCUT2D eigenvalue weighted by molar-refractivity contribution is 0.218. The molecule has 0 aliphatic carbocycles. The van der Waals surface area contributed by atoms with E-state index >= 15 is 0 Å². The highest BCUT2D eigenvalue weighted by Gasteiger charge is 2.18. The second kappa shape index (κ2) is 5.65. The minimum Gasteiger partial charge on any atom is -0.316 e. The first-order chi connectivity index (χ1) is 8.15. The summed E-state index contributed by atoms with van der Waals surface area (Å²) >= 11 is 0. The molecule has 94 valence electrons. The van der Waals surface area contributed by atoms with Crippen molar-refractivity contribution in [2.24, 2.45) is 5.92 Å². The number of hydrogen-bond acceptors (Lipinski definition) is 2. The molecule has 17 heavy (non-hydrogen) atoms. The summed E-state index contributed by atoms with van der Waals surface area (Å²) in [5.41, 5.74) is 2.85. The number of hydrogen-bond donors (Lipinski definition) is 1. The van der Waals surface area contributed by atoms with Gasteiger partial charge in [-0.15, -0.1) is 0 Å². The van der Waals surface area contributed by atoms with Gasteiger partial charge in [0, 0.05) is 26.2 Å². The normalized spacial score (nSPS) is 16.5. The van der Waals surface area contributed by atoms with Gasteiger partial charge in [0.25, 0.3) is 0 Å². The largest absolute Gasteiger partial charge is 0.316 e. The van der Waals surface area contributed by atoms with Crippen LogP contribution in [0.3, 0.4) is 0 Å². The van der Waals surface area contributed by atoms with Crippen LogP contribution in [0, 0.1) is 5.92 Å². The van der Waals surface area contributed by atoms with Gasteiger partial charge in [-0.1, -0.05) is 38.1 Å². The molecule has 1 aromatic carbocycles. The van der Waals surface area contributed by atoms with Crippen molar-refractivity contribution in [2.45, 2.75) is 26.3 Å². The molecule has 1 heterocycles. The highest BCUT2D eigenvalue weighted by molar-refractivity contribution is 5.24. The van der Waals surface area contributed by atoms with Gasteiger partial charge >= 0.3 is 0 Å². The molecule has 2 rings (SSSR count). The lowest BCUT2D eigenvalue weighted by Gasteiger charge is -2.31. The van der Waals surface area contributed by atoms with Gasteiger partial charge in [0.05, 0.1) is 0 Å². The molecular formula is C15H24N2. The second-order valence-electron chi connectivity index (χ2n) is 5.62. The average Bonchev–Trinajstić information content (AvgIpc) is 2.24. The van der Waals surface area contributed by atoms with Crippen molar-refractivity contribution < 1.29 is 0 Å². The topological polar surface area (TPSA) is 15.3 Å². The summed E-state index contributed by atoms with van der Waals surface area (Å²) in [6.45, 7) is 9.14. The van der Waals surface area contributed by atoms with E-state index in [1.54, 1.807) is 0 Å². The van der Waals surface area contributed by atoms with E-state index in [1.165, 1.54) is 30.8 Å². The lowest BCUT2D eigenvalue weighted by atomic mass is 10.0. The van der Waals surface area contributed by atoms with Crippen molar-refractivity contribution in [1.82, 2.24) is 10.2 Å². The van der Waals surface area contributed by atoms with Crippen LogP contribution < -0.4 is 5.32 Å². The molecule has 0 bridgehead atoms. The van der Waals surface area contributed by atoms with Gasteiger partial charge in [-0.25, -0.2) is 0 Å². The zero-order valence-electron chi connectivity index (χ0n) is 11.2. The molecule has 1 aromatic rings. The van der Waals surface area contributed by atoms with E-state index in [9.17, 15) is 0 Å². The van der Waals surface area contributed by atoms with E-state index in [0.29, 0.717) is 5.92 Å². The van der Waals surface area contributed by atoms with E-state index in [4.69, 9.17) is 0 Å². The number of benzene rings is 1. The summed E-state index contributed by atoms with van der Waals surface area (Å²) in [7, 11) is 2.22. The Balaban J connectivity index is 1.84. The molecule has 0 spiro atoms. The summed E-state index contributed by atoms with van der Waals surface area (Å²) in [6, 6.07) is 9.06. The number of nitrogens with one attached hydrogen (secondary N) is 1. The van der Waals surface area contributed by atoms with Gasteiger partial charge in [0.2, 0.25) is 0 Å². The third kappa shape index (κ3) is 3.55. The van der Waals surface area contributed by atoms with Gasteiger partial charge in [0.15, 0.2) is 0 Å². The highest BCUT2D eigenvalue weighted by atomic mass is 15.1. The van der Waals surface area contributed by atoms with E-state index in [1.807, 2.05) is 0 Å². The second-order valence-corrected chi connectivity index (χ2v) is 5.62. The minimum atomic E-state index is 0.628. The van der Waals surface area contributed by atoms with Crippen molar-refractivity contribution >= 4 is 0 Å². The molecule has 1 fully saturated rings. The monoisotopic (exact) mass is 232 g/mol. The Morgan fingerprint density at radius 2 is 1.88 bits per heavy atom. The van der Waals surface area contributed by atoms with Gasteiger partial charge in [-0.2, -0.15) is 0 Å². The summed E-state index contributed by atoms with van der Waals surface area (Å²) in [6.07, 6.45) is 0. The van der Waals surface area contributed by atoms with E-state index < -0.39 is 0 Å². The maximum Gasteiger partial charge on any atom is 0.0230 e. The molecule has 0 atom stereocenters. The van der Waals surface area contributed by atoms with Gasteiger partial charge in [0.1, 0.15) is 0 Å². The van der Waals surface area contributed by atoms with Crippen molar-refractivity contribution in [1.29, 1.82) is 0 Å². The van der Waals surface area contributed by atoms with Crippen LogP contribution in [-0.4, -0.2) is 31.6 Å². The van der Waals surface area contributed by atoms with Crippen molar-refractivity contribution in [3.05, 3.63) is 35.4 Å². The molecule has 1 aliphatic heterocycles. The van der Waals surface area contributed by atoms with E-state index in [2.05, 4.69) is 55.4 Å². The minimum absolute atomic E-state index is 0.628. The Morgan fingerprint density at radius 1 is 1.24 bits per heavy atom. The standard InChI is InChI=1S/C15H24N2/c1-12(2)15-6-4-13(5-7-15)10-17(3)11-14-8-16-9-14/h4-7,12,14,16H,8-11H2,1-3H3. The molecule has 2 nitrogen and oxygen atoms in total. The molecule has 1 N–H and O–H groups in total. The van der Waals surface area contributed by atoms with Gasteiger partial charge in [-0.3, -0.25) is 0 Å². The van der Waals surface area contributed by atoms with Gasteiger partial charge in [-0.05, 0) is 30.0 Å². The average molecular weight is 232 g/mol. The Labute approximate surface area is 105 Å². The molecule has 0 saturated carbocycles. The molecule has 0 radical (unpaired) electrons. The van der Waals surface area contributed by atoms with Crippen LogP contribution in [-0.2, 0) is 6.54 Å². The first kappa shape index (κ1) is 12.6. The Bertz CT molecular complexity index is 338. The Hall–Kier alpha value is -0.860. The Kier molecular flexibility index (Phi) is 4.19. The molecule has 1 saturated heterocycles. The quantitative estimate of drug-likeness (QED) is 0.839. The SMILES string of the molecule is CC(C)c1ccc(CN(C)CC2CNC2)cc1. The van der Waals surface area contributed by atoms with Crippen LogP contribution in [0.25, 0.3) is 0 Å². The Morgan fingerprint density at radius 3 is 2.35 bits per heavy atom.